The van der Waals surface area contributed by atoms with E-state index in [1.54, 1.807) is 6.26 Å². The van der Waals surface area contributed by atoms with Gasteiger partial charge in [0.05, 0.1) is 18.5 Å². The maximum Gasteiger partial charge on any atom is 0.220 e. The van der Waals surface area contributed by atoms with Crippen molar-refractivity contribution in [2.24, 2.45) is 0 Å². The first-order valence-corrected chi connectivity index (χ1v) is 6.93. The molecule has 5 nitrogen and oxygen atoms in total. The molecule has 0 aliphatic rings. The van der Waals surface area contributed by atoms with Gasteiger partial charge in [-0.1, -0.05) is 0 Å². The Kier molecular flexibility index (Phi) is 4.61. The SMILES string of the molecule is CCn1nc(C)c(CCC(=O)NCc2ccco2)c1C. The molecule has 0 atom stereocenters. The van der Waals surface area contributed by atoms with Gasteiger partial charge in [-0.3, -0.25) is 9.48 Å². The van der Waals surface area contributed by atoms with Crippen molar-refractivity contribution in [2.75, 3.05) is 0 Å². The van der Waals surface area contributed by atoms with Gasteiger partial charge in [-0.05, 0) is 44.9 Å². The maximum absolute atomic E-state index is 11.8. The van der Waals surface area contributed by atoms with E-state index >= 15 is 0 Å². The van der Waals surface area contributed by atoms with Gasteiger partial charge in [-0.15, -0.1) is 0 Å². The van der Waals surface area contributed by atoms with Gasteiger partial charge >= 0.3 is 0 Å². The van der Waals surface area contributed by atoms with Crippen molar-refractivity contribution >= 4 is 5.91 Å². The van der Waals surface area contributed by atoms with Crippen LogP contribution in [0.25, 0.3) is 0 Å². The lowest BCUT2D eigenvalue weighted by atomic mass is 10.1. The predicted molar refractivity (Wildman–Crippen MR) is 76.3 cm³/mol. The molecule has 2 rings (SSSR count). The van der Waals surface area contributed by atoms with Crippen LogP contribution in [0.15, 0.2) is 22.8 Å². The minimum atomic E-state index is 0.0319. The molecule has 0 unspecified atom stereocenters. The minimum absolute atomic E-state index is 0.0319. The highest BCUT2D eigenvalue weighted by Crippen LogP contribution is 2.15. The van der Waals surface area contributed by atoms with E-state index in [1.165, 1.54) is 5.56 Å². The molecule has 0 bridgehead atoms. The number of nitrogens with one attached hydrogen (secondary N) is 1. The van der Waals surface area contributed by atoms with Crippen LogP contribution in [-0.2, 0) is 24.3 Å². The molecule has 108 valence electrons. The Morgan fingerprint density at radius 1 is 1.45 bits per heavy atom. The fraction of sp³-hybridized carbons (Fsp3) is 0.467. The first-order valence-electron chi connectivity index (χ1n) is 6.93. The van der Waals surface area contributed by atoms with Crippen LogP contribution in [0, 0.1) is 13.8 Å². The van der Waals surface area contributed by atoms with E-state index in [4.69, 9.17) is 4.42 Å². The van der Waals surface area contributed by atoms with Crippen molar-refractivity contribution in [3.05, 3.63) is 41.1 Å². The predicted octanol–water partition coefficient (Wildman–Crippen LogP) is 2.36. The molecule has 1 amide bonds. The number of hydrogen-bond donors (Lipinski definition) is 1. The monoisotopic (exact) mass is 275 g/mol. The Hall–Kier alpha value is -2.04. The summed E-state index contributed by atoms with van der Waals surface area (Å²) in [6, 6.07) is 3.66. The Balaban J connectivity index is 1.85. The molecule has 2 aromatic rings. The van der Waals surface area contributed by atoms with E-state index < -0.39 is 0 Å². The van der Waals surface area contributed by atoms with Crippen molar-refractivity contribution in [1.29, 1.82) is 0 Å². The average Bonchev–Trinajstić information content (AvgIpc) is 3.03. The lowest BCUT2D eigenvalue weighted by Gasteiger charge is -2.04. The Morgan fingerprint density at radius 3 is 2.85 bits per heavy atom. The van der Waals surface area contributed by atoms with Crippen LogP contribution in [0.2, 0.25) is 0 Å². The highest BCUT2D eigenvalue weighted by molar-refractivity contribution is 5.76. The number of amides is 1. The largest absolute Gasteiger partial charge is 0.467 e. The molecule has 2 aromatic heterocycles. The topological polar surface area (TPSA) is 60.1 Å². The van der Waals surface area contributed by atoms with E-state index in [0.717, 1.165) is 30.1 Å². The summed E-state index contributed by atoms with van der Waals surface area (Å²) >= 11 is 0. The third-order valence-electron chi connectivity index (χ3n) is 3.47. The Bertz CT molecular complexity index is 570. The smallest absolute Gasteiger partial charge is 0.220 e. The van der Waals surface area contributed by atoms with Crippen molar-refractivity contribution in [3.63, 3.8) is 0 Å². The normalized spacial score (nSPS) is 10.8. The molecular formula is C15H21N3O2. The van der Waals surface area contributed by atoms with Crippen LogP contribution >= 0.6 is 0 Å². The van der Waals surface area contributed by atoms with Gasteiger partial charge in [-0.2, -0.15) is 5.10 Å². The van der Waals surface area contributed by atoms with Crippen molar-refractivity contribution in [3.8, 4) is 0 Å². The number of furan rings is 1. The quantitative estimate of drug-likeness (QED) is 0.880. The van der Waals surface area contributed by atoms with Gasteiger partial charge in [0.2, 0.25) is 5.91 Å². The molecule has 0 spiro atoms. The molecule has 0 aliphatic carbocycles. The van der Waals surface area contributed by atoms with E-state index in [0.29, 0.717) is 13.0 Å². The van der Waals surface area contributed by atoms with Crippen LogP contribution in [-0.4, -0.2) is 15.7 Å². The van der Waals surface area contributed by atoms with Gasteiger partial charge in [-0.25, -0.2) is 0 Å². The second-order valence-corrected chi connectivity index (χ2v) is 4.82. The van der Waals surface area contributed by atoms with Gasteiger partial charge in [0.15, 0.2) is 0 Å². The van der Waals surface area contributed by atoms with Crippen LogP contribution in [0.1, 0.15) is 36.1 Å². The zero-order chi connectivity index (χ0) is 14.5. The van der Waals surface area contributed by atoms with Crippen LogP contribution in [0.3, 0.4) is 0 Å². The standard InChI is InChI=1S/C15H21N3O2/c1-4-18-12(3)14(11(2)17-18)7-8-15(19)16-10-13-6-5-9-20-13/h5-6,9H,4,7-8,10H2,1-3H3,(H,16,19). The highest BCUT2D eigenvalue weighted by atomic mass is 16.3. The van der Waals surface area contributed by atoms with E-state index in [1.807, 2.05) is 23.7 Å². The number of nitrogens with zero attached hydrogens (tertiary/aromatic N) is 2. The molecular weight excluding hydrogens is 254 g/mol. The fourth-order valence-electron chi connectivity index (χ4n) is 2.33. The molecule has 0 fully saturated rings. The molecule has 0 saturated heterocycles. The number of carbonyl (C=O) groups excluding carboxylic acids is 1. The van der Waals surface area contributed by atoms with Crippen LogP contribution in [0.4, 0.5) is 0 Å². The number of hydrogen-bond acceptors (Lipinski definition) is 3. The van der Waals surface area contributed by atoms with Gasteiger partial charge < -0.3 is 9.73 Å². The molecule has 0 saturated carbocycles. The summed E-state index contributed by atoms with van der Waals surface area (Å²) < 4.78 is 7.15. The third-order valence-corrected chi connectivity index (χ3v) is 3.47. The molecule has 1 N–H and O–H groups in total. The first kappa shape index (κ1) is 14.4. The fourth-order valence-corrected chi connectivity index (χ4v) is 2.33. The Morgan fingerprint density at radius 2 is 2.25 bits per heavy atom. The number of carbonyl (C=O) groups is 1. The summed E-state index contributed by atoms with van der Waals surface area (Å²) in [5, 5.41) is 7.32. The number of rotatable bonds is 6. The van der Waals surface area contributed by atoms with Crippen LogP contribution in [0.5, 0.6) is 0 Å². The van der Waals surface area contributed by atoms with Gasteiger partial charge in [0, 0.05) is 18.7 Å². The molecule has 20 heavy (non-hydrogen) atoms. The molecule has 0 aromatic carbocycles. The van der Waals surface area contributed by atoms with E-state index in [9.17, 15) is 4.79 Å². The summed E-state index contributed by atoms with van der Waals surface area (Å²) in [5.41, 5.74) is 3.35. The number of aromatic nitrogens is 2. The van der Waals surface area contributed by atoms with Crippen LogP contribution < -0.4 is 5.32 Å². The van der Waals surface area contributed by atoms with Crippen molar-refractivity contribution in [2.45, 2.75) is 46.7 Å². The first-order chi connectivity index (χ1) is 9.61. The maximum atomic E-state index is 11.8. The lowest BCUT2D eigenvalue weighted by Crippen LogP contribution is -2.22. The minimum Gasteiger partial charge on any atom is -0.467 e. The highest BCUT2D eigenvalue weighted by Gasteiger charge is 2.12. The third kappa shape index (κ3) is 3.29. The molecule has 2 heterocycles. The summed E-state index contributed by atoms with van der Waals surface area (Å²) in [6.07, 6.45) is 2.80. The summed E-state index contributed by atoms with van der Waals surface area (Å²) in [5.74, 6) is 0.800. The number of aryl methyl sites for hydroxylation is 2. The Labute approximate surface area is 119 Å². The van der Waals surface area contributed by atoms with E-state index in [-0.39, 0.29) is 5.91 Å². The zero-order valence-electron chi connectivity index (χ0n) is 12.3. The average molecular weight is 275 g/mol. The summed E-state index contributed by atoms with van der Waals surface area (Å²) in [4.78, 5) is 11.8. The summed E-state index contributed by atoms with van der Waals surface area (Å²) in [6.45, 7) is 7.42. The van der Waals surface area contributed by atoms with Crippen molar-refractivity contribution < 1.29 is 9.21 Å². The second-order valence-electron chi connectivity index (χ2n) is 4.82. The summed E-state index contributed by atoms with van der Waals surface area (Å²) in [7, 11) is 0. The lowest BCUT2D eigenvalue weighted by molar-refractivity contribution is -0.121. The second kappa shape index (κ2) is 6.41. The molecule has 0 radical (unpaired) electrons. The molecule has 0 aliphatic heterocycles. The van der Waals surface area contributed by atoms with Crippen molar-refractivity contribution in [1.82, 2.24) is 15.1 Å². The zero-order valence-corrected chi connectivity index (χ0v) is 12.3. The van der Waals surface area contributed by atoms with E-state index in [2.05, 4.69) is 24.3 Å². The van der Waals surface area contributed by atoms with Gasteiger partial charge in [0.25, 0.3) is 0 Å². The van der Waals surface area contributed by atoms with Gasteiger partial charge in [0.1, 0.15) is 5.76 Å². The molecule has 5 heteroatoms.